The van der Waals surface area contributed by atoms with Gasteiger partial charge in [0, 0.05) is 5.38 Å². The summed E-state index contributed by atoms with van der Waals surface area (Å²) in [6.45, 7) is 5.35. The maximum absolute atomic E-state index is 12.3. The van der Waals surface area contributed by atoms with Gasteiger partial charge in [-0.1, -0.05) is 12.1 Å². The topological polar surface area (TPSA) is 88.6 Å². The zero-order valence-electron chi connectivity index (χ0n) is 14.0. The molecule has 0 fully saturated rings. The van der Waals surface area contributed by atoms with Crippen LogP contribution in [0.1, 0.15) is 47.2 Å². The van der Waals surface area contributed by atoms with E-state index in [1.165, 1.54) is 11.3 Å². The number of anilines is 1. The van der Waals surface area contributed by atoms with E-state index in [0.29, 0.717) is 22.0 Å². The predicted molar refractivity (Wildman–Crippen MR) is 92.6 cm³/mol. The number of rotatable bonds is 3. The molecule has 1 aliphatic heterocycles. The summed E-state index contributed by atoms with van der Waals surface area (Å²) >= 11 is 1.20. The van der Waals surface area contributed by atoms with Crippen molar-refractivity contribution in [3.63, 3.8) is 0 Å². The molecule has 1 aliphatic rings. The second-order valence-electron chi connectivity index (χ2n) is 6.51. The van der Waals surface area contributed by atoms with Gasteiger partial charge in [0.05, 0.1) is 23.4 Å². The van der Waals surface area contributed by atoms with Crippen molar-refractivity contribution in [2.75, 3.05) is 5.32 Å². The van der Waals surface area contributed by atoms with Crippen LogP contribution in [0.25, 0.3) is 0 Å². The lowest BCUT2D eigenvalue weighted by Crippen LogP contribution is -2.29. The third-order valence-corrected chi connectivity index (χ3v) is 4.16. The van der Waals surface area contributed by atoms with Gasteiger partial charge in [0.2, 0.25) is 0 Å². The Kier molecular flexibility index (Phi) is 4.30. The van der Waals surface area contributed by atoms with E-state index < -0.39 is 11.7 Å². The van der Waals surface area contributed by atoms with Crippen LogP contribution in [0.4, 0.5) is 9.93 Å². The zero-order valence-corrected chi connectivity index (χ0v) is 14.8. The second-order valence-corrected chi connectivity index (χ2v) is 7.37. The smallest absolute Gasteiger partial charge is 0.413 e. The number of aromatic nitrogens is 1. The van der Waals surface area contributed by atoms with Gasteiger partial charge >= 0.3 is 6.09 Å². The summed E-state index contributed by atoms with van der Waals surface area (Å²) in [5.41, 5.74) is 0.708. The Bertz CT molecular complexity index is 819. The fourth-order valence-electron chi connectivity index (χ4n) is 2.37. The highest BCUT2D eigenvalue weighted by molar-refractivity contribution is 7.13. The summed E-state index contributed by atoms with van der Waals surface area (Å²) < 4.78 is 5.16. The molecule has 7 nitrogen and oxygen atoms in total. The Morgan fingerprint density at radius 1 is 1.20 bits per heavy atom. The lowest BCUT2D eigenvalue weighted by atomic mass is 10.1. The van der Waals surface area contributed by atoms with Crippen LogP contribution in [-0.4, -0.2) is 33.4 Å². The summed E-state index contributed by atoms with van der Waals surface area (Å²) in [4.78, 5) is 41.8. The third kappa shape index (κ3) is 3.69. The van der Waals surface area contributed by atoms with Crippen LogP contribution >= 0.6 is 11.3 Å². The van der Waals surface area contributed by atoms with Gasteiger partial charge in [-0.05, 0) is 32.9 Å². The third-order valence-electron chi connectivity index (χ3n) is 3.36. The molecule has 0 atom stereocenters. The van der Waals surface area contributed by atoms with Gasteiger partial charge in [0.25, 0.3) is 11.8 Å². The number of imide groups is 1. The molecule has 0 bridgehead atoms. The number of benzene rings is 1. The predicted octanol–water partition coefficient (Wildman–Crippen LogP) is 3.29. The van der Waals surface area contributed by atoms with Crippen molar-refractivity contribution in [3.8, 4) is 0 Å². The van der Waals surface area contributed by atoms with Gasteiger partial charge < -0.3 is 4.74 Å². The van der Waals surface area contributed by atoms with Gasteiger partial charge in [0.1, 0.15) is 5.60 Å². The monoisotopic (exact) mass is 359 g/mol. The summed E-state index contributed by atoms with van der Waals surface area (Å²) in [6.07, 6.45) is -0.603. The summed E-state index contributed by atoms with van der Waals surface area (Å²) in [5, 5.41) is 4.58. The number of carbonyl (C=O) groups is 3. The SMILES string of the molecule is CC(C)(C)OC(=O)Nc1nc(CN2C(=O)c3ccccc3C2=O)cs1. The van der Waals surface area contributed by atoms with E-state index in [1.54, 1.807) is 50.4 Å². The van der Waals surface area contributed by atoms with Gasteiger partial charge in [-0.2, -0.15) is 0 Å². The molecular formula is C17H17N3O4S. The first-order valence-electron chi connectivity index (χ1n) is 7.64. The Hall–Kier alpha value is -2.74. The molecule has 0 saturated heterocycles. The molecule has 0 saturated carbocycles. The quantitative estimate of drug-likeness (QED) is 0.850. The summed E-state index contributed by atoms with van der Waals surface area (Å²) in [5.74, 6) is -0.675. The Morgan fingerprint density at radius 3 is 2.36 bits per heavy atom. The van der Waals surface area contributed by atoms with E-state index in [0.717, 1.165) is 4.90 Å². The van der Waals surface area contributed by atoms with Crippen LogP contribution in [0.2, 0.25) is 0 Å². The number of thiazole rings is 1. The number of hydrogen-bond acceptors (Lipinski definition) is 6. The molecule has 1 N–H and O–H groups in total. The van der Waals surface area contributed by atoms with Crippen molar-refractivity contribution < 1.29 is 19.1 Å². The standard InChI is InChI=1S/C17H17N3O4S/c1-17(2,3)24-16(23)19-15-18-10(9-25-15)8-20-13(21)11-6-4-5-7-12(11)14(20)22/h4-7,9H,8H2,1-3H3,(H,18,19,23). The average Bonchev–Trinajstić information content (AvgIpc) is 3.05. The van der Waals surface area contributed by atoms with Crippen molar-refractivity contribution in [3.05, 3.63) is 46.5 Å². The van der Waals surface area contributed by atoms with Gasteiger partial charge in [0.15, 0.2) is 5.13 Å². The van der Waals surface area contributed by atoms with Gasteiger partial charge in [-0.15, -0.1) is 11.3 Å². The number of nitrogens with one attached hydrogen (secondary N) is 1. The van der Waals surface area contributed by atoms with Crippen LogP contribution in [0.3, 0.4) is 0 Å². The van der Waals surface area contributed by atoms with Gasteiger partial charge in [-0.3, -0.25) is 19.8 Å². The average molecular weight is 359 g/mol. The minimum atomic E-state index is -0.607. The van der Waals surface area contributed by atoms with E-state index in [4.69, 9.17) is 4.74 Å². The van der Waals surface area contributed by atoms with E-state index in [1.807, 2.05) is 0 Å². The van der Waals surface area contributed by atoms with Crippen LogP contribution in [0.5, 0.6) is 0 Å². The van der Waals surface area contributed by atoms with Crippen LogP contribution < -0.4 is 5.32 Å². The van der Waals surface area contributed by atoms with E-state index in [-0.39, 0.29) is 18.4 Å². The van der Waals surface area contributed by atoms with E-state index in [9.17, 15) is 14.4 Å². The molecule has 1 aromatic heterocycles. The first kappa shape index (κ1) is 17.1. The lowest BCUT2D eigenvalue weighted by Gasteiger charge is -2.18. The molecule has 2 heterocycles. The van der Waals surface area contributed by atoms with E-state index in [2.05, 4.69) is 10.3 Å². The number of hydrogen-bond donors (Lipinski definition) is 1. The highest BCUT2D eigenvalue weighted by atomic mass is 32.1. The maximum atomic E-state index is 12.3. The minimum absolute atomic E-state index is 0.0544. The van der Waals surface area contributed by atoms with Crippen molar-refractivity contribution in [2.45, 2.75) is 32.9 Å². The Labute approximate surface area is 148 Å². The molecule has 0 spiro atoms. The van der Waals surface area contributed by atoms with Crippen LogP contribution in [0, 0.1) is 0 Å². The molecule has 3 amide bonds. The summed E-state index contributed by atoms with van der Waals surface area (Å²) in [6, 6.07) is 6.70. The number of carbonyl (C=O) groups excluding carboxylic acids is 3. The number of nitrogens with zero attached hydrogens (tertiary/aromatic N) is 2. The van der Waals surface area contributed by atoms with E-state index >= 15 is 0 Å². The molecule has 2 aromatic rings. The number of fused-ring (bicyclic) bond motifs is 1. The van der Waals surface area contributed by atoms with Gasteiger partial charge in [-0.25, -0.2) is 9.78 Å². The molecule has 25 heavy (non-hydrogen) atoms. The van der Waals surface area contributed by atoms with Crippen molar-refractivity contribution >= 4 is 34.4 Å². The molecule has 0 unspecified atom stereocenters. The highest BCUT2D eigenvalue weighted by Gasteiger charge is 2.35. The fourth-order valence-corrected chi connectivity index (χ4v) is 3.06. The fraction of sp³-hybridized carbons (Fsp3) is 0.294. The van der Waals surface area contributed by atoms with Crippen molar-refractivity contribution in [1.82, 2.24) is 9.88 Å². The molecule has 1 aromatic carbocycles. The number of amides is 3. The Morgan fingerprint density at radius 2 is 1.80 bits per heavy atom. The summed E-state index contributed by atoms with van der Waals surface area (Å²) in [7, 11) is 0. The second kappa shape index (κ2) is 6.29. The largest absolute Gasteiger partial charge is 0.444 e. The first-order valence-corrected chi connectivity index (χ1v) is 8.52. The Balaban J connectivity index is 1.68. The minimum Gasteiger partial charge on any atom is -0.444 e. The molecular weight excluding hydrogens is 342 g/mol. The van der Waals surface area contributed by atoms with Crippen molar-refractivity contribution in [2.24, 2.45) is 0 Å². The lowest BCUT2D eigenvalue weighted by molar-refractivity contribution is 0.0622. The van der Waals surface area contributed by atoms with Crippen LogP contribution in [-0.2, 0) is 11.3 Å². The molecule has 8 heteroatoms. The molecule has 0 radical (unpaired) electrons. The highest BCUT2D eigenvalue weighted by Crippen LogP contribution is 2.25. The van der Waals surface area contributed by atoms with Crippen molar-refractivity contribution in [1.29, 1.82) is 0 Å². The molecule has 0 aliphatic carbocycles. The molecule has 3 rings (SSSR count). The maximum Gasteiger partial charge on any atom is 0.413 e. The number of ether oxygens (including phenoxy) is 1. The van der Waals surface area contributed by atoms with Crippen LogP contribution in [0.15, 0.2) is 29.6 Å². The first-order chi connectivity index (χ1) is 11.7. The zero-order chi connectivity index (χ0) is 18.2. The molecule has 130 valence electrons. The normalized spacial score (nSPS) is 13.8.